The molecule has 0 bridgehead atoms. The summed E-state index contributed by atoms with van der Waals surface area (Å²) in [7, 11) is 0. The molecule has 3 aromatic rings. The van der Waals surface area contributed by atoms with Gasteiger partial charge in [-0.15, -0.1) is 0 Å². The van der Waals surface area contributed by atoms with Crippen LogP contribution in [0.15, 0.2) is 61.1 Å². The maximum absolute atomic E-state index is 12.6. The van der Waals surface area contributed by atoms with E-state index < -0.39 is 6.10 Å². The van der Waals surface area contributed by atoms with E-state index in [9.17, 15) is 9.90 Å². The van der Waals surface area contributed by atoms with Gasteiger partial charge in [-0.05, 0) is 48.6 Å². The zero-order chi connectivity index (χ0) is 20.1. The van der Waals surface area contributed by atoms with E-state index in [4.69, 9.17) is 0 Å². The second-order valence-corrected chi connectivity index (χ2v) is 7.56. The van der Waals surface area contributed by atoms with Gasteiger partial charge in [0.15, 0.2) is 5.78 Å². The summed E-state index contributed by atoms with van der Waals surface area (Å²) in [4.78, 5) is 19.0. The molecular weight excluding hydrogens is 364 g/mol. The fourth-order valence-corrected chi connectivity index (χ4v) is 3.92. The summed E-state index contributed by atoms with van der Waals surface area (Å²) in [6.07, 6.45) is 7.28. The molecule has 1 atom stereocenters. The van der Waals surface area contributed by atoms with Gasteiger partial charge in [-0.2, -0.15) is 5.10 Å². The summed E-state index contributed by atoms with van der Waals surface area (Å²) >= 11 is 0. The molecule has 1 aliphatic heterocycles. The van der Waals surface area contributed by atoms with Gasteiger partial charge in [0, 0.05) is 32.3 Å². The fourth-order valence-electron chi connectivity index (χ4n) is 3.92. The predicted octanol–water partition coefficient (Wildman–Crippen LogP) is 3.04. The maximum atomic E-state index is 12.6. The molecule has 29 heavy (non-hydrogen) atoms. The van der Waals surface area contributed by atoms with Gasteiger partial charge in [0.1, 0.15) is 5.69 Å². The molecule has 0 radical (unpaired) electrons. The lowest BCUT2D eigenvalue weighted by Crippen LogP contribution is -2.36. The Morgan fingerprint density at radius 3 is 2.79 bits per heavy atom. The lowest BCUT2D eigenvalue weighted by atomic mass is 9.99. The Bertz CT molecular complexity index is 954. The third-order valence-electron chi connectivity index (χ3n) is 5.44. The average molecular weight is 390 g/mol. The van der Waals surface area contributed by atoms with Gasteiger partial charge in [-0.25, -0.2) is 4.68 Å². The number of Topliss-reactive ketones (excluding diaryl/α,β-unsaturated/α-hetero) is 1. The van der Waals surface area contributed by atoms with Crippen molar-refractivity contribution in [2.24, 2.45) is 0 Å². The van der Waals surface area contributed by atoms with Crippen molar-refractivity contribution in [3.8, 4) is 5.69 Å². The van der Waals surface area contributed by atoms with Crippen molar-refractivity contribution in [1.29, 1.82) is 0 Å². The number of hydrogen-bond donors (Lipinski definition) is 1. The number of benzene rings is 1. The summed E-state index contributed by atoms with van der Waals surface area (Å²) in [5.74, 6) is 0.0328. The molecule has 6 heteroatoms. The van der Waals surface area contributed by atoms with E-state index in [0.29, 0.717) is 31.5 Å². The first-order valence-electron chi connectivity index (χ1n) is 10.2. The van der Waals surface area contributed by atoms with Crippen molar-refractivity contribution in [2.75, 3.05) is 13.1 Å². The van der Waals surface area contributed by atoms with Crippen LogP contribution in [-0.4, -0.2) is 49.7 Å². The highest BCUT2D eigenvalue weighted by Crippen LogP contribution is 2.19. The van der Waals surface area contributed by atoms with E-state index in [1.165, 1.54) is 11.1 Å². The molecule has 1 aliphatic rings. The molecule has 4 rings (SSSR count). The average Bonchev–Trinajstić information content (AvgIpc) is 3.24. The molecule has 0 saturated carbocycles. The number of aromatic nitrogens is 3. The number of aliphatic hydroxyl groups excluding tert-OH is 1. The SMILES string of the molecule is O=C(CCCC(O)CN1CCc2ccccc2C1)c1ccnn1-c1cccnc1. The van der Waals surface area contributed by atoms with E-state index in [1.54, 1.807) is 29.3 Å². The van der Waals surface area contributed by atoms with Crippen molar-refractivity contribution < 1.29 is 9.90 Å². The number of rotatable bonds is 8. The van der Waals surface area contributed by atoms with Crippen LogP contribution in [0.1, 0.15) is 40.9 Å². The molecule has 0 amide bonds. The van der Waals surface area contributed by atoms with E-state index in [0.717, 1.165) is 25.2 Å². The summed E-state index contributed by atoms with van der Waals surface area (Å²) in [5, 5.41) is 14.7. The highest BCUT2D eigenvalue weighted by molar-refractivity contribution is 5.94. The van der Waals surface area contributed by atoms with E-state index >= 15 is 0 Å². The van der Waals surface area contributed by atoms with Gasteiger partial charge in [-0.3, -0.25) is 14.7 Å². The topological polar surface area (TPSA) is 71.2 Å². The standard InChI is InChI=1S/C23H26N4O2/c28-21(17-26-14-11-18-5-1-2-6-19(18)16-26)8-3-9-23(29)22-10-13-25-27(22)20-7-4-12-24-15-20/h1-2,4-7,10,12-13,15,21,28H,3,8-9,11,14,16-17H2. The molecule has 0 aliphatic carbocycles. The van der Waals surface area contributed by atoms with Crippen LogP contribution >= 0.6 is 0 Å². The normalized spacial score (nSPS) is 15.1. The Labute approximate surface area is 170 Å². The van der Waals surface area contributed by atoms with E-state index in [-0.39, 0.29) is 5.78 Å². The quantitative estimate of drug-likeness (QED) is 0.599. The minimum atomic E-state index is -0.420. The zero-order valence-corrected chi connectivity index (χ0v) is 16.4. The van der Waals surface area contributed by atoms with Crippen LogP contribution in [0.5, 0.6) is 0 Å². The number of pyridine rings is 1. The zero-order valence-electron chi connectivity index (χ0n) is 16.4. The maximum Gasteiger partial charge on any atom is 0.181 e. The minimum Gasteiger partial charge on any atom is -0.392 e. The number of nitrogens with zero attached hydrogens (tertiary/aromatic N) is 4. The van der Waals surface area contributed by atoms with Crippen molar-refractivity contribution in [2.45, 2.75) is 38.3 Å². The Morgan fingerprint density at radius 1 is 1.10 bits per heavy atom. The van der Waals surface area contributed by atoms with Gasteiger partial charge < -0.3 is 5.11 Å². The van der Waals surface area contributed by atoms with Gasteiger partial charge in [0.2, 0.25) is 0 Å². The minimum absolute atomic E-state index is 0.0328. The summed E-state index contributed by atoms with van der Waals surface area (Å²) in [5.41, 5.74) is 4.09. The van der Waals surface area contributed by atoms with Crippen molar-refractivity contribution >= 4 is 5.78 Å². The molecule has 1 aromatic carbocycles. The molecule has 1 N–H and O–H groups in total. The second-order valence-electron chi connectivity index (χ2n) is 7.56. The monoisotopic (exact) mass is 390 g/mol. The molecule has 150 valence electrons. The van der Waals surface area contributed by atoms with Gasteiger partial charge in [0.25, 0.3) is 0 Å². The molecule has 2 aromatic heterocycles. The first-order valence-corrected chi connectivity index (χ1v) is 10.2. The first kappa shape index (κ1) is 19.5. The van der Waals surface area contributed by atoms with Crippen LogP contribution in [0.25, 0.3) is 5.69 Å². The van der Waals surface area contributed by atoms with Gasteiger partial charge in [0.05, 0.1) is 24.2 Å². The molecule has 6 nitrogen and oxygen atoms in total. The Morgan fingerprint density at radius 2 is 1.97 bits per heavy atom. The van der Waals surface area contributed by atoms with Crippen LogP contribution in [0.3, 0.4) is 0 Å². The number of fused-ring (bicyclic) bond motifs is 1. The van der Waals surface area contributed by atoms with Crippen LogP contribution in [0.2, 0.25) is 0 Å². The lowest BCUT2D eigenvalue weighted by Gasteiger charge is -2.30. The molecular formula is C23H26N4O2. The molecule has 0 saturated heterocycles. The third kappa shape index (κ3) is 4.78. The molecule has 0 fully saturated rings. The Kier molecular flexibility index (Phi) is 6.12. The predicted molar refractivity (Wildman–Crippen MR) is 111 cm³/mol. The number of carbonyl (C=O) groups is 1. The van der Waals surface area contributed by atoms with Crippen LogP contribution in [0.4, 0.5) is 0 Å². The third-order valence-corrected chi connectivity index (χ3v) is 5.44. The van der Waals surface area contributed by atoms with Crippen molar-refractivity contribution in [3.63, 3.8) is 0 Å². The Balaban J connectivity index is 1.26. The molecule has 1 unspecified atom stereocenters. The van der Waals surface area contributed by atoms with Crippen LogP contribution < -0.4 is 0 Å². The lowest BCUT2D eigenvalue weighted by molar-refractivity contribution is 0.0897. The van der Waals surface area contributed by atoms with Crippen LogP contribution in [-0.2, 0) is 13.0 Å². The number of hydrogen-bond acceptors (Lipinski definition) is 5. The smallest absolute Gasteiger partial charge is 0.181 e. The summed E-state index contributed by atoms with van der Waals surface area (Å²) < 4.78 is 1.62. The summed E-state index contributed by atoms with van der Waals surface area (Å²) in [6.45, 7) is 2.50. The second kappa shape index (κ2) is 9.11. The van der Waals surface area contributed by atoms with Crippen LogP contribution in [0, 0.1) is 0 Å². The highest BCUT2D eigenvalue weighted by atomic mass is 16.3. The van der Waals surface area contributed by atoms with Gasteiger partial charge >= 0.3 is 0 Å². The van der Waals surface area contributed by atoms with Crippen molar-refractivity contribution in [1.82, 2.24) is 19.7 Å². The van der Waals surface area contributed by atoms with Gasteiger partial charge in [-0.1, -0.05) is 24.3 Å². The molecule has 3 heterocycles. The Hall–Kier alpha value is -2.83. The summed E-state index contributed by atoms with van der Waals surface area (Å²) in [6, 6.07) is 13.9. The number of carbonyl (C=O) groups excluding carboxylic acids is 1. The highest BCUT2D eigenvalue weighted by Gasteiger charge is 2.19. The largest absolute Gasteiger partial charge is 0.392 e. The number of aliphatic hydroxyl groups is 1. The first-order chi connectivity index (χ1) is 14.2. The van der Waals surface area contributed by atoms with Crippen molar-refractivity contribution in [3.05, 3.63) is 77.9 Å². The number of β-amino-alcohol motifs (C(OH)–C–C–N with tert-alkyl or cyclic N) is 1. The fraction of sp³-hybridized carbons (Fsp3) is 0.348. The number of ketones is 1. The van der Waals surface area contributed by atoms with E-state index in [2.05, 4.69) is 39.2 Å². The van der Waals surface area contributed by atoms with E-state index in [1.807, 2.05) is 12.1 Å². The molecule has 0 spiro atoms.